The molecule has 4 nitrogen and oxygen atoms in total. The minimum Gasteiger partial charge on any atom is -0.361 e. The zero-order valence-electron chi connectivity index (χ0n) is 12.3. The first-order valence-electron chi connectivity index (χ1n) is 6.65. The van der Waals surface area contributed by atoms with Gasteiger partial charge < -0.3 is 4.90 Å². The van der Waals surface area contributed by atoms with Gasteiger partial charge in [-0.3, -0.25) is 4.40 Å². The lowest BCUT2D eigenvalue weighted by atomic mass is 10.1. The van der Waals surface area contributed by atoms with E-state index in [1.165, 1.54) is 5.56 Å². The minimum absolute atomic E-state index is 0.932. The average molecular weight is 266 g/mol. The lowest BCUT2D eigenvalue weighted by Gasteiger charge is -2.15. The predicted molar refractivity (Wildman–Crippen MR) is 82.2 cm³/mol. The van der Waals surface area contributed by atoms with Gasteiger partial charge in [0.2, 0.25) is 0 Å². The Hall–Kier alpha value is -2.36. The Balaban J connectivity index is 2.29. The van der Waals surface area contributed by atoms with Gasteiger partial charge >= 0.3 is 0 Å². The Morgan fingerprint density at radius 1 is 0.950 bits per heavy atom. The number of imidazole rings is 1. The Morgan fingerprint density at radius 2 is 1.65 bits per heavy atom. The third-order valence-electron chi connectivity index (χ3n) is 3.49. The van der Waals surface area contributed by atoms with Crippen LogP contribution in [0.15, 0.2) is 36.7 Å². The van der Waals surface area contributed by atoms with Gasteiger partial charge in [0, 0.05) is 19.7 Å². The van der Waals surface area contributed by atoms with Crippen LogP contribution in [0.1, 0.15) is 11.4 Å². The summed E-state index contributed by atoms with van der Waals surface area (Å²) < 4.78 is 2.16. The second-order valence-electron chi connectivity index (χ2n) is 5.25. The van der Waals surface area contributed by atoms with E-state index >= 15 is 0 Å². The molecule has 0 bridgehead atoms. The summed E-state index contributed by atoms with van der Waals surface area (Å²) in [5.41, 5.74) is 4.51. The number of aryl methyl sites for hydroxylation is 2. The first-order valence-corrected chi connectivity index (χ1v) is 6.65. The van der Waals surface area contributed by atoms with Crippen LogP contribution in [0.5, 0.6) is 0 Å². The molecule has 4 heteroatoms. The van der Waals surface area contributed by atoms with Crippen molar-refractivity contribution in [3.63, 3.8) is 0 Å². The van der Waals surface area contributed by atoms with E-state index in [1.54, 1.807) is 0 Å². The van der Waals surface area contributed by atoms with Gasteiger partial charge in [-0.05, 0) is 13.8 Å². The molecule has 1 aromatic carbocycles. The molecule has 0 aliphatic rings. The summed E-state index contributed by atoms with van der Waals surface area (Å²) in [7, 11) is 3.99. The molecule has 102 valence electrons. The van der Waals surface area contributed by atoms with Gasteiger partial charge in [0.25, 0.3) is 0 Å². The van der Waals surface area contributed by atoms with Gasteiger partial charge in [-0.25, -0.2) is 9.97 Å². The zero-order chi connectivity index (χ0) is 14.3. The van der Waals surface area contributed by atoms with Gasteiger partial charge in [0.1, 0.15) is 11.3 Å². The summed E-state index contributed by atoms with van der Waals surface area (Å²) >= 11 is 0. The fourth-order valence-corrected chi connectivity index (χ4v) is 2.42. The normalized spacial score (nSPS) is 11.0. The molecule has 3 aromatic rings. The highest BCUT2D eigenvalue weighted by Crippen LogP contribution is 2.26. The largest absolute Gasteiger partial charge is 0.361 e. The molecule has 2 aromatic heterocycles. The molecular formula is C16H18N4. The van der Waals surface area contributed by atoms with Crippen molar-refractivity contribution in [3.8, 4) is 11.3 Å². The van der Waals surface area contributed by atoms with Gasteiger partial charge in [0.05, 0.1) is 18.1 Å². The first kappa shape index (κ1) is 12.7. The van der Waals surface area contributed by atoms with Crippen molar-refractivity contribution in [1.29, 1.82) is 0 Å². The van der Waals surface area contributed by atoms with Crippen LogP contribution in [0.3, 0.4) is 0 Å². The Bertz CT molecular complexity index is 754. The van der Waals surface area contributed by atoms with E-state index < -0.39 is 0 Å². The van der Waals surface area contributed by atoms with Crippen molar-refractivity contribution in [2.24, 2.45) is 0 Å². The number of rotatable bonds is 2. The van der Waals surface area contributed by atoms with Gasteiger partial charge in [-0.1, -0.05) is 29.8 Å². The van der Waals surface area contributed by atoms with Crippen LogP contribution in [0.2, 0.25) is 0 Å². The van der Waals surface area contributed by atoms with Crippen LogP contribution >= 0.6 is 0 Å². The number of aromatic nitrogens is 3. The van der Waals surface area contributed by atoms with Crippen LogP contribution in [0.25, 0.3) is 16.8 Å². The number of benzene rings is 1. The highest BCUT2D eigenvalue weighted by molar-refractivity contribution is 5.74. The molecule has 0 unspecified atom stereocenters. The van der Waals surface area contributed by atoms with Gasteiger partial charge in [0.15, 0.2) is 5.82 Å². The lowest BCUT2D eigenvalue weighted by Crippen LogP contribution is -2.12. The van der Waals surface area contributed by atoms with E-state index in [9.17, 15) is 0 Å². The van der Waals surface area contributed by atoms with E-state index in [2.05, 4.69) is 45.6 Å². The quantitative estimate of drug-likeness (QED) is 0.714. The van der Waals surface area contributed by atoms with Crippen LogP contribution in [0.4, 0.5) is 5.82 Å². The maximum atomic E-state index is 4.58. The van der Waals surface area contributed by atoms with Crippen LogP contribution in [0, 0.1) is 13.8 Å². The van der Waals surface area contributed by atoms with Crippen LogP contribution < -0.4 is 4.90 Å². The molecule has 0 saturated carbocycles. The number of nitrogens with zero attached hydrogens (tertiary/aromatic N) is 4. The summed E-state index contributed by atoms with van der Waals surface area (Å²) in [6.45, 7) is 4.11. The standard InChI is InChI=1S/C16H18N4/c1-11-5-7-13(8-6-11)14-9-18-16(19(3)4)15-10-17-12(2)20(14)15/h5-10H,1-4H3. The molecule has 20 heavy (non-hydrogen) atoms. The topological polar surface area (TPSA) is 33.4 Å². The highest BCUT2D eigenvalue weighted by Gasteiger charge is 2.13. The van der Waals surface area contributed by atoms with Crippen molar-refractivity contribution in [3.05, 3.63) is 48.0 Å². The number of hydrogen-bond acceptors (Lipinski definition) is 3. The lowest BCUT2D eigenvalue weighted by molar-refractivity contribution is 1.01. The van der Waals surface area contributed by atoms with E-state index in [0.29, 0.717) is 0 Å². The van der Waals surface area contributed by atoms with Crippen molar-refractivity contribution in [1.82, 2.24) is 14.4 Å². The third-order valence-corrected chi connectivity index (χ3v) is 3.49. The molecule has 0 saturated heterocycles. The van der Waals surface area contributed by atoms with Crippen molar-refractivity contribution < 1.29 is 0 Å². The molecule has 0 atom stereocenters. The monoisotopic (exact) mass is 266 g/mol. The number of anilines is 1. The van der Waals surface area contributed by atoms with Crippen LogP contribution in [-0.2, 0) is 0 Å². The first-order chi connectivity index (χ1) is 9.58. The van der Waals surface area contributed by atoms with Gasteiger partial charge in [-0.15, -0.1) is 0 Å². The van der Waals surface area contributed by atoms with Gasteiger partial charge in [-0.2, -0.15) is 0 Å². The molecule has 3 rings (SSSR count). The minimum atomic E-state index is 0.932. The molecule has 0 amide bonds. The molecule has 0 N–H and O–H groups in total. The van der Waals surface area contributed by atoms with E-state index in [0.717, 1.165) is 28.4 Å². The summed E-state index contributed by atoms with van der Waals surface area (Å²) in [5, 5.41) is 0. The SMILES string of the molecule is Cc1ccc(-c2cnc(N(C)C)c3cnc(C)n23)cc1. The molecular weight excluding hydrogens is 248 g/mol. The van der Waals surface area contributed by atoms with E-state index in [1.807, 2.05) is 38.3 Å². The second kappa shape index (κ2) is 4.63. The summed E-state index contributed by atoms with van der Waals surface area (Å²) in [6.07, 6.45) is 3.80. The second-order valence-corrected chi connectivity index (χ2v) is 5.25. The molecule has 2 heterocycles. The predicted octanol–water partition coefficient (Wildman–Crippen LogP) is 3.08. The third kappa shape index (κ3) is 1.93. The number of fused-ring (bicyclic) bond motifs is 1. The maximum Gasteiger partial charge on any atom is 0.154 e. The highest BCUT2D eigenvalue weighted by atomic mass is 15.2. The molecule has 0 fully saturated rings. The number of hydrogen-bond donors (Lipinski definition) is 0. The Labute approximate surface area is 118 Å². The molecule has 0 spiro atoms. The molecule has 0 radical (unpaired) electrons. The average Bonchev–Trinajstić information content (AvgIpc) is 2.81. The fourth-order valence-electron chi connectivity index (χ4n) is 2.42. The van der Waals surface area contributed by atoms with E-state index in [4.69, 9.17) is 0 Å². The fraction of sp³-hybridized carbons (Fsp3) is 0.250. The van der Waals surface area contributed by atoms with E-state index in [-0.39, 0.29) is 0 Å². The van der Waals surface area contributed by atoms with Crippen molar-refractivity contribution in [2.75, 3.05) is 19.0 Å². The Morgan fingerprint density at radius 3 is 2.30 bits per heavy atom. The smallest absolute Gasteiger partial charge is 0.154 e. The Kier molecular flexibility index (Phi) is 2.93. The maximum absolute atomic E-state index is 4.58. The summed E-state index contributed by atoms with van der Waals surface area (Å²) in [5.74, 6) is 1.91. The zero-order valence-corrected chi connectivity index (χ0v) is 12.3. The molecule has 0 aliphatic heterocycles. The van der Waals surface area contributed by atoms with Crippen molar-refractivity contribution >= 4 is 11.3 Å². The molecule has 0 aliphatic carbocycles. The van der Waals surface area contributed by atoms with Crippen LogP contribution in [-0.4, -0.2) is 28.5 Å². The summed E-state index contributed by atoms with van der Waals surface area (Å²) in [6, 6.07) is 8.49. The van der Waals surface area contributed by atoms with Crippen molar-refractivity contribution in [2.45, 2.75) is 13.8 Å². The summed E-state index contributed by atoms with van der Waals surface area (Å²) in [4.78, 5) is 11.0.